The van der Waals surface area contributed by atoms with Crippen LogP contribution in [0, 0.1) is 5.92 Å². The van der Waals surface area contributed by atoms with Crippen LogP contribution in [0.5, 0.6) is 0 Å². The molecule has 0 saturated carbocycles. The van der Waals surface area contributed by atoms with Gasteiger partial charge in [-0.15, -0.1) is 0 Å². The highest BCUT2D eigenvalue weighted by atomic mass is 31.1. The van der Waals surface area contributed by atoms with E-state index in [1.54, 1.807) is 21.2 Å². The molecule has 2 heteroatoms. The molecule has 4 rings (SSSR count). The Morgan fingerprint density at radius 2 is 0.468 bits per heavy atom. The molecule has 342 valence electrons. The van der Waals surface area contributed by atoms with Crippen molar-refractivity contribution < 1.29 is 0 Å². The van der Waals surface area contributed by atoms with Gasteiger partial charge in [-0.05, 0) is 143 Å². The van der Waals surface area contributed by atoms with Gasteiger partial charge in [0.05, 0.1) is 0 Å². The summed E-state index contributed by atoms with van der Waals surface area (Å²) in [5.41, 5.74) is 12.1. The van der Waals surface area contributed by atoms with Crippen LogP contribution in [0.2, 0.25) is 0 Å². The molecule has 0 heterocycles. The van der Waals surface area contributed by atoms with Gasteiger partial charge in [-0.2, -0.15) is 0 Å². The molecule has 0 aliphatic heterocycles. The van der Waals surface area contributed by atoms with E-state index in [-0.39, 0.29) is 43.3 Å². The summed E-state index contributed by atoms with van der Waals surface area (Å²) >= 11 is 0. The fourth-order valence-corrected chi connectivity index (χ4v) is 15.5. The normalized spacial score (nSPS) is 14.1. The molecule has 0 fully saturated rings. The third kappa shape index (κ3) is 12.5. The highest BCUT2D eigenvalue weighted by Gasteiger charge is 2.35. The Labute approximate surface area is 387 Å². The van der Waals surface area contributed by atoms with Gasteiger partial charge >= 0.3 is 0 Å². The predicted molar refractivity (Wildman–Crippen MR) is 287 cm³/mol. The molecule has 62 heavy (non-hydrogen) atoms. The number of rotatable bonds is 8. The van der Waals surface area contributed by atoms with Crippen LogP contribution >= 0.6 is 15.8 Å². The summed E-state index contributed by atoms with van der Waals surface area (Å²) < 4.78 is 0. The predicted octanol–water partition coefficient (Wildman–Crippen LogP) is 16.3. The largest absolute Gasteiger partial charge is 0.0618 e. The molecule has 0 spiro atoms. The molecule has 0 N–H and O–H groups in total. The summed E-state index contributed by atoms with van der Waals surface area (Å²) in [5, 5.41) is 6.28. The zero-order valence-corrected chi connectivity index (χ0v) is 46.6. The van der Waals surface area contributed by atoms with Crippen molar-refractivity contribution in [1.29, 1.82) is 0 Å². The van der Waals surface area contributed by atoms with Gasteiger partial charge in [0.2, 0.25) is 0 Å². The zero-order chi connectivity index (χ0) is 47.6. The van der Waals surface area contributed by atoms with Crippen molar-refractivity contribution >= 4 is 37.1 Å². The smallest absolute Gasteiger partial charge is 0.0125 e. The number of benzene rings is 4. The van der Waals surface area contributed by atoms with Crippen LogP contribution < -0.4 is 21.2 Å². The maximum atomic E-state index is 2.60. The molecule has 0 nitrogen and oxygen atoms in total. The van der Waals surface area contributed by atoms with E-state index < -0.39 is 15.8 Å². The highest BCUT2D eigenvalue weighted by Crippen LogP contribution is 2.49. The van der Waals surface area contributed by atoms with E-state index in [1.807, 2.05) is 0 Å². The molecule has 4 aromatic rings. The summed E-state index contributed by atoms with van der Waals surface area (Å²) in [6.07, 6.45) is 2.31. The van der Waals surface area contributed by atoms with Crippen LogP contribution in [0.15, 0.2) is 72.8 Å². The molecule has 0 radical (unpaired) electrons. The molecule has 0 unspecified atom stereocenters. The topological polar surface area (TPSA) is 0 Å². The Morgan fingerprint density at radius 1 is 0.290 bits per heavy atom. The van der Waals surface area contributed by atoms with Gasteiger partial charge in [0, 0.05) is 0 Å². The van der Waals surface area contributed by atoms with Gasteiger partial charge in [-0.1, -0.05) is 246 Å². The molecule has 4 aromatic carbocycles. The molecule has 0 aromatic heterocycles. The zero-order valence-electron chi connectivity index (χ0n) is 44.8. The van der Waals surface area contributed by atoms with Gasteiger partial charge in [0.25, 0.3) is 0 Å². The van der Waals surface area contributed by atoms with E-state index >= 15 is 0 Å². The summed E-state index contributed by atoms with van der Waals surface area (Å²) in [5.74, 6) is 0.475. The first kappa shape index (κ1) is 52.4. The third-order valence-electron chi connectivity index (χ3n) is 12.8. The maximum absolute atomic E-state index is 2.60. The second-order valence-electron chi connectivity index (χ2n) is 27.3. The summed E-state index contributed by atoms with van der Waals surface area (Å²) in [6, 6.07) is 30.5. The summed E-state index contributed by atoms with van der Waals surface area (Å²) in [6.45, 7) is 60.2. The molecular weight excluding hydrogens is 783 g/mol. The van der Waals surface area contributed by atoms with Crippen molar-refractivity contribution in [1.82, 2.24) is 0 Å². The van der Waals surface area contributed by atoms with Crippen LogP contribution in [0.4, 0.5) is 0 Å². The minimum Gasteiger partial charge on any atom is -0.0618 e. The Balaban J connectivity index is 2.10. The maximum Gasteiger partial charge on any atom is -0.0125 e. The Hall–Kier alpha value is -2.26. The second-order valence-corrected chi connectivity index (χ2v) is 31.6. The summed E-state index contributed by atoms with van der Waals surface area (Å²) in [7, 11) is -1.43. The number of hydrogen-bond donors (Lipinski definition) is 0. The van der Waals surface area contributed by atoms with Crippen molar-refractivity contribution in [3.05, 3.63) is 117 Å². The fourth-order valence-electron chi connectivity index (χ4n) is 8.69. The van der Waals surface area contributed by atoms with Crippen molar-refractivity contribution in [2.75, 3.05) is 12.3 Å². The van der Waals surface area contributed by atoms with Crippen molar-refractivity contribution in [2.24, 2.45) is 5.92 Å². The minimum atomic E-state index is -0.717. The van der Waals surface area contributed by atoms with Crippen LogP contribution in [-0.4, -0.2) is 12.3 Å². The molecule has 0 aliphatic carbocycles. The van der Waals surface area contributed by atoms with Crippen LogP contribution in [0.3, 0.4) is 0 Å². The molecule has 0 saturated heterocycles. The third-order valence-corrected chi connectivity index (χ3v) is 18.7. The standard InChI is InChI=1S/C60H92P2/c1-40(38-61(49-30-26-41(53(2,3)4)34-45(49)57(14,15)16)50-31-27-42(54(5,6)7)35-46(50)58(17,18)19)39-62(51-32-28-43(55(8,9)10)36-47(51)59(20,21)22)52-33-29-44(56(11,12)13)37-48(52)60(23,24)25/h26-37,40H,38-39H2,1-25H3. The van der Waals surface area contributed by atoms with Crippen LogP contribution in [0.1, 0.15) is 218 Å². The quantitative estimate of drug-likeness (QED) is 0.155. The number of hydrogen-bond acceptors (Lipinski definition) is 0. The van der Waals surface area contributed by atoms with Crippen molar-refractivity contribution in [2.45, 2.75) is 216 Å². The van der Waals surface area contributed by atoms with Gasteiger partial charge < -0.3 is 0 Å². The Bertz CT molecular complexity index is 1870. The SMILES string of the molecule is CC(CP(c1ccc(C(C)(C)C)cc1C(C)(C)C)c1ccc(C(C)(C)C)cc1C(C)(C)C)CP(c1ccc(C(C)(C)C)cc1C(C)(C)C)c1ccc(C(C)(C)C)cc1C(C)(C)C. The molecular formula is C60H92P2. The lowest BCUT2D eigenvalue weighted by atomic mass is 9.80. The first-order chi connectivity index (χ1) is 27.7. The Kier molecular flexibility index (Phi) is 15.1. The highest BCUT2D eigenvalue weighted by molar-refractivity contribution is 7.74. The van der Waals surface area contributed by atoms with E-state index in [0.717, 1.165) is 12.3 Å². The van der Waals surface area contributed by atoms with Gasteiger partial charge in [0.1, 0.15) is 0 Å². The van der Waals surface area contributed by atoms with Gasteiger partial charge in [0.15, 0.2) is 0 Å². The fraction of sp³-hybridized carbons (Fsp3) is 0.600. The van der Waals surface area contributed by atoms with E-state index in [1.165, 1.54) is 44.5 Å². The average molecular weight is 875 g/mol. The molecule has 0 atom stereocenters. The van der Waals surface area contributed by atoms with Gasteiger partial charge in [-0.3, -0.25) is 0 Å². The molecule has 0 bridgehead atoms. The van der Waals surface area contributed by atoms with Crippen LogP contribution in [-0.2, 0) is 43.3 Å². The van der Waals surface area contributed by atoms with Crippen molar-refractivity contribution in [3.63, 3.8) is 0 Å². The first-order valence-electron chi connectivity index (χ1n) is 23.9. The molecule has 0 aliphatic rings. The van der Waals surface area contributed by atoms with Gasteiger partial charge in [-0.25, -0.2) is 0 Å². The van der Waals surface area contributed by atoms with E-state index in [4.69, 9.17) is 0 Å². The lowest BCUT2D eigenvalue weighted by Gasteiger charge is -2.37. The Morgan fingerprint density at radius 3 is 0.613 bits per heavy atom. The summed E-state index contributed by atoms with van der Waals surface area (Å²) in [4.78, 5) is 0. The van der Waals surface area contributed by atoms with E-state index in [9.17, 15) is 0 Å². The second kappa shape index (κ2) is 17.9. The lowest BCUT2D eigenvalue weighted by Crippen LogP contribution is -2.34. The monoisotopic (exact) mass is 875 g/mol. The van der Waals surface area contributed by atoms with E-state index in [0.29, 0.717) is 5.92 Å². The lowest BCUT2D eigenvalue weighted by molar-refractivity contribution is 0.570. The van der Waals surface area contributed by atoms with E-state index in [2.05, 4.69) is 246 Å². The van der Waals surface area contributed by atoms with Crippen LogP contribution in [0.25, 0.3) is 0 Å². The van der Waals surface area contributed by atoms with Crippen molar-refractivity contribution in [3.8, 4) is 0 Å². The molecule has 0 amide bonds. The minimum absolute atomic E-state index is 0.00704. The first-order valence-corrected chi connectivity index (χ1v) is 26.9. The average Bonchev–Trinajstić information content (AvgIpc) is 3.09.